The zero-order valence-electron chi connectivity index (χ0n) is 17.2. The Morgan fingerprint density at radius 3 is 1.94 bits per heavy atom. The molecule has 31 heavy (non-hydrogen) atoms. The fourth-order valence-electron chi connectivity index (χ4n) is 4.42. The molecule has 2 aromatic rings. The van der Waals surface area contributed by atoms with Crippen molar-refractivity contribution < 1.29 is 14.7 Å². The van der Waals surface area contributed by atoms with Gasteiger partial charge in [0.05, 0.1) is 12.1 Å². The lowest BCUT2D eigenvalue weighted by atomic mass is 10.1. The van der Waals surface area contributed by atoms with Crippen LogP contribution in [0, 0.1) is 0 Å². The van der Waals surface area contributed by atoms with E-state index in [0.717, 1.165) is 0 Å². The lowest BCUT2D eigenvalue weighted by molar-refractivity contribution is 0.0192. The van der Waals surface area contributed by atoms with E-state index in [9.17, 15) is 14.7 Å². The van der Waals surface area contributed by atoms with E-state index in [4.69, 9.17) is 23.2 Å². The van der Waals surface area contributed by atoms with Gasteiger partial charge in [-0.2, -0.15) is 0 Å². The monoisotopic (exact) mass is 461 g/mol. The van der Waals surface area contributed by atoms with E-state index >= 15 is 0 Å². The van der Waals surface area contributed by atoms with Gasteiger partial charge in [-0.3, -0.25) is 14.5 Å². The topological polar surface area (TPSA) is 64.1 Å². The number of nitrogens with zero attached hydrogens (tertiary/aromatic N) is 3. The Hall–Kier alpha value is -2.12. The first-order valence-electron chi connectivity index (χ1n) is 10.4. The first-order chi connectivity index (χ1) is 14.8. The predicted octanol–water partition coefficient (Wildman–Crippen LogP) is 3.03. The van der Waals surface area contributed by atoms with Crippen LogP contribution in [-0.2, 0) is 0 Å². The number of piperazine rings is 1. The molecule has 6 nitrogen and oxygen atoms in total. The van der Waals surface area contributed by atoms with Gasteiger partial charge in [-0.1, -0.05) is 23.2 Å². The standard InChI is InChI=1S/C23H25Cl2N3O3/c1-15-12-26(10-11-28(15)23(31)17-4-8-19(25)9-5-17)20-13-27(14-21(20)29)22(30)16-2-6-18(24)7-3-16/h2-9,15,20-21,29H,10-14H2,1H3/t15-,20?,21?/m1/s1. The molecule has 2 saturated heterocycles. The van der Waals surface area contributed by atoms with Gasteiger partial charge in [0.1, 0.15) is 0 Å². The summed E-state index contributed by atoms with van der Waals surface area (Å²) >= 11 is 11.8. The molecule has 0 radical (unpaired) electrons. The van der Waals surface area contributed by atoms with Gasteiger partial charge in [0.25, 0.3) is 11.8 Å². The first-order valence-corrected chi connectivity index (χ1v) is 11.1. The number of benzene rings is 2. The Labute approximate surface area is 191 Å². The maximum Gasteiger partial charge on any atom is 0.254 e. The van der Waals surface area contributed by atoms with E-state index < -0.39 is 6.10 Å². The predicted molar refractivity (Wildman–Crippen MR) is 121 cm³/mol. The van der Waals surface area contributed by atoms with Crippen molar-refractivity contribution in [1.29, 1.82) is 0 Å². The SMILES string of the molecule is C[C@@H]1CN(C2CN(C(=O)c3ccc(Cl)cc3)CC2O)CCN1C(=O)c1ccc(Cl)cc1. The molecular formula is C23H25Cl2N3O3. The third-order valence-electron chi connectivity index (χ3n) is 6.12. The molecule has 0 spiro atoms. The van der Waals surface area contributed by atoms with Crippen molar-refractivity contribution in [3.63, 3.8) is 0 Å². The van der Waals surface area contributed by atoms with Crippen molar-refractivity contribution in [3.8, 4) is 0 Å². The van der Waals surface area contributed by atoms with Crippen LogP contribution in [0.2, 0.25) is 10.0 Å². The summed E-state index contributed by atoms with van der Waals surface area (Å²) in [5.41, 5.74) is 1.18. The second kappa shape index (κ2) is 9.17. The molecular weight excluding hydrogens is 437 g/mol. The average Bonchev–Trinajstić information content (AvgIpc) is 3.15. The largest absolute Gasteiger partial charge is 0.390 e. The van der Waals surface area contributed by atoms with Crippen molar-refractivity contribution in [2.75, 3.05) is 32.7 Å². The van der Waals surface area contributed by atoms with Crippen molar-refractivity contribution in [1.82, 2.24) is 14.7 Å². The highest BCUT2D eigenvalue weighted by molar-refractivity contribution is 6.31. The number of aliphatic hydroxyl groups excluding tert-OH is 1. The van der Waals surface area contributed by atoms with Crippen LogP contribution in [0.15, 0.2) is 48.5 Å². The molecule has 2 unspecified atom stereocenters. The van der Waals surface area contributed by atoms with Gasteiger partial charge in [0.2, 0.25) is 0 Å². The molecule has 164 valence electrons. The van der Waals surface area contributed by atoms with E-state index in [1.54, 1.807) is 53.4 Å². The second-order valence-corrected chi connectivity index (χ2v) is 9.07. The molecule has 8 heteroatoms. The summed E-state index contributed by atoms with van der Waals surface area (Å²) in [4.78, 5) is 31.4. The van der Waals surface area contributed by atoms with Crippen molar-refractivity contribution in [2.24, 2.45) is 0 Å². The van der Waals surface area contributed by atoms with Crippen LogP contribution in [0.4, 0.5) is 0 Å². The Kier molecular flexibility index (Phi) is 6.53. The number of rotatable bonds is 3. The summed E-state index contributed by atoms with van der Waals surface area (Å²) < 4.78 is 0. The molecule has 0 aliphatic carbocycles. The maximum atomic E-state index is 12.9. The van der Waals surface area contributed by atoms with Crippen LogP contribution >= 0.6 is 23.2 Å². The highest BCUT2D eigenvalue weighted by Gasteiger charge is 2.40. The van der Waals surface area contributed by atoms with E-state index in [2.05, 4.69) is 4.90 Å². The zero-order valence-corrected chi connectivity index (χ0v) is 18.8. The van der Waals surface area contributed by atoms with Crippen LogP contribution in [0.3, 0.4) is 0 Å². The molecule has 2 aliphatic rings. The molecule has 3 atom stereocenters. The second-order valence-electron chi connectivity index (χ2n) is 8.20. The molecule has 2 fully saturated rings. The van der Waals surface area contributed by atoms with E-state index in [-0.39, 0.29) is 23.9 Å². The third-order valence-corrected chi connectivity index (χ3v) is 6.62. The average molecular weight is 462 g/mol. The summed E-state index contributed by atoms with van der Waals surface area (Å²) in [5.74, 6) is -0.127. The molecule has 1 N–H and O–H groups in total. The molecule has 2 aromatic carbocycles. The number of likely N-dealkylation sites (tertiary alicyclic amines) is 1. The van der Waals surface area contributed by atoms with Crippen LogP contribution in [0.1, 0.15) is 27.6 Å². The molecule has 2 heterocycles. The van der Waals surface area contributed by atoms with Crippen molar-refractivity contribution in [3.05, 3.63) is 69.7 Å². The number of carbonyl (C=O) groups excluding carboxylic acids is 2. The van der Waals surface area contributed by atoms with Gasteiger partial charge in [-0.15, -0.1) is 0 Å². The zero-order chi connectivity index (χ0) is 22.1. The van der Waals surface area contributed by atoms with Gasteiger partial charge in [0.15, 0.2) is 0 Å². The number of hydrogen-bond donors (Lipinski definition) is 1. The summed E-state index contributed by atoms with van der Waals surface area (Å²) in [6.45, 7) is 4.62. The normalized spacial score (nSPS) is 24.5. The smallest absolute Gasteiger partial charge is 0.254 e. The quantitative estimate of drug-likeness (QED) is 0.762. The van der Waals surface area contributed by atoms with Crippen LogP contribution in [0.25, 0.3) is 0 Å². The van der Waals surface area contributed by atoms with Gasteiger partial charge in [-0.05, 0) is 55.5 Å². The van der Waals surface area contributed by atoms with Gasteiger partial charge in [0, 0.05) is 59.9 Å². The Bertz CT molecular complexity index is 952. The third kappa shape index (κ3) is 4.72. The van der Waals surface area contributed by atoms with Gasteiger partial charge < -0.3 is 14.9 Å². The molecule has 2 amide bonds. The fraction of sp³-hybridized carbons (Fsp3) is 0.391. The molecule has 0 bridgehead atoms. The minimum absolute atomic E-state index is 0.00913. The Balaban J connectivity index is 1.38. The number of hydrogen-bond acceptors (Lipinski definition) is 4. The van der Waals surface area contributed by atoms with Crippen molar-refractivity contribution >= 4 is 35.0 Å². The van der Waals surface area contributed by atoms with Crippen molar-refractivity contribution in [2.45, 2.75) is 25.1 Å². The lowest BCUT2D eigenvalue weighted by Crippen LogP contribution is -2.58. The Morgan fingerprint density at radius 1 is 0.839 bits per heavy atom. The number of β-amino-alcohol motifs (C(OH)–C–C–N with tert-alkyl or cyclic N) is 1. The highest BCUT2D eigenvalue weighted by Crippen LogP contribution is 2.24. The summed E-state index contributed by atoms with van der Waals surface area (Å²) in [7, 11) is 0. The minimum Gasteiger partial charge on any atom is -0.390 e. The molecule has 4 rings (SSSR count). The van der Waals surface area contributed by atoms with Gasteiger partial charge in [-0.25, -0.2) is 0 Å². The van der Waals surface area contributed by atoms with Crippen LogP contribution in [-0.4, -0.2) is 82.5 Å². The molecule has 2 aliphatic heterocycles. The lowest BCUT2D eigenvalue weighted by Gasteiger charge is -2.43. The minimum atomic E-state index is -0.623. The summed E-state index contributed by atoms with van der Waals surface area (Å²) in [6.07, 6.45) is -0.623. The number of carbonyl (C=O) groups is 2. The summed E-state index contributed by atoms with van der Waals surface area (Å²) in [5, 5.41) is 11.8. The summed E-state index contributed by atoms with van der Waals surface area (Å²) in [6, 6.07) is 13.6. The van der Waals surface area contributed by atoms with E-state index in [1.165, 1.54) is 0 Å². The first kappa shape index (κ1) is 22.1. The number of amides is 2. The van der Waals surface area contributed by atoms with Crippen LogP contribution < -0.4 is 0 Å². The maximum absolute atomic E-state index is 12.9. The molecule has 0 saturated carbocycles. The highest BCUT2D eigenvalue weighted by atomic mass is 35.5. The fourth-order valence-corrected chi connectivity index (χ4v) is 4.67. The molecule has 0 aromatic heterocycles. The van der Waals surface area contributed by atoms with E-state index in [0.29, 0.717) is 53.9 Å². The van der Waals surface area contributed by atoms with Gasteiger partial charge >= 0.3 is 0 Å². The van der Waals surface area contributed by atoms with Crippen LogP contribution in [0.5, 0.6) is 0 Å². The number of halogens is 2. The number of aliphatic hydroxyl groups is 1. The Morgan fingerprint density at radius 2 is 1.39 bits per heavy atom. The van der Waals surface area contributed by atoms with E-state index in [1.807, 2.05) is 11.8 Å².